The summed E-state index contributed by atoms with van der Waals surface area (Å²) in [5.74, 6) is -1.19. The zero-order valence-electron chi connectivity index (χ0n) is 12.5. The fourth-order valence-electron chi connectivity index (χ4n) is 2.63. The molecule has 0 aromatic carbocycles. The van der Waals surface area contributed by atoms with E-state index in [2.05, 4.69) is 9.72 Å². The fraction of sp³-hybridized carbons (Fsp3) is 0.571. The van der Waals surface area contributed by atoms with Crippen LogP contribution in [-0.2, 0) is 9.53 Å². The molecule has 2 atom stereocenters. The molecule has 1 saturated heterocycles. The van der Waals surface area contributed by atoms with Crippen LogP contribution in [0.15, 0.2) is 12.3 Å². The average Bonchev–Trinajstić information content (AvgIpc) is 2.95. The Morgan fingerprint density at radius 3 is 3.05 bits per heavy atom. The van der Waals surface area contributed by atoms with Crippen molar-refractivity contribution in [3.63, 3.8) is 0 Å². The minimum absolute atomic E-state index is 0.0744. The summed E-state index contributed by atoms with van der Waals surface area (Å²) in [6, 6.07) is 1.56. The molecule has 0 spiro atoms. The second-order valence-corrected chi connectivity index (χ2v) is 5.21. The number of hydrogen-bond acceptors (Lipinski definition) is 6. The number of ether oxygens (including phenoxy) is 1. The van der Waals surface area contributed by atoms with Crippen molar-refractivity contribution < 1.29 is 18.8 Å². The van der Waals surface area contributed by atoms with Gasteiger partial charge in [-0.2, -0.15) is 0 Å². The quantitative estimate of drug-likeness (QED) is 0.470. The van der Waals surface area contributed by atoms with E-state index < -0.39 is 23.0 Å². The van der Waals surface area contributed by atoms with Gasteiger partial charge in [-0.1, -0.05) is 0 Å². The minimum Gasteiger partial charge on any atom is -0.464 e. The average molecular weight is 311 g/mol. The van der Waals surface area contributed by atoms with Crippen molar-refractivity contribution in [2.24, 2.45) is 5.92 Å². The Labute approximate surface area is 127 Å². The molecule has 8 heteroatoms. The van der Waals surface area contributed by atoms with E-state index in [1.807, 2.05) is 0 Å². The van der Waals surface area contributed by atoms with Crippen LogP contribution in [-0.4, -0.2) is 41.7 Å². The standard InChI is InChI=1S/C14H18FN3O4/c1-3-22-14(19)11(15)10-5-7-17(8-10)13-12(18(20)21)9(2)4-6-16-13/h4,6,10-11H,3,5,7-8H2,1-2H3. The van der Waals surface area contributed by atoms with E-state index in [-0.39, 0.29) is 24.7 Å². The molecule has 0 amide bonds. The molecule has 0 bridgehead atoms. The number of nitro groups is 1. The third-order valence-electron chi connectivity index (χ3n) is 3.74. The van der Waals surface area contributed by atoms with E-state index in [9.17, 15) is 19.3 Å². The maximum atomic E-state index is 14.1. The Morgan fingerprint density at radius 1 is 1.68 bits per heavy atom. The molecule has 22 heavy (non-hydrogen) atoms. The molecule has 120 valence electrons. The smallest absolute Gasteiger partial charge is 0.341 e. The van der Waals surface area contributed by atoms with Crippen molar-refractivity contribution >= 4 is 17.5 Å². The second-order valence-electron chi connectivity index (χ2n) is 5.21. The number of alkyl halides is 1. The first-order valence-corrected chi connectivity index (χ1v) is 7.11. The molecule has 2 unspecified atom stereocenters. The van der Waals surface area contributed by atoms with Crippen LogP contribution in [0, 0.1) is 23.0 Å². The van der Waals surface area contributed by atoms with Crippen molar-refractivity contribution in [2.75, 3.05) is 24.6 Å². The van der Waals surface area contributed by atoms with Gasteiger partial charge in [0, 0.05) is 30.8 Å². The highest BCUT2D eigenvalue weighted by Crippen LogP contribution is 2.33. The maximum absolute atomic E-state index is 14.1. The van der Waals surface area contributed by atoms with Crippen LogP contribution in [0.5, 0.6) is 0 Å². The Bertz CT molecular complexity index is 581. The summed E-state index contributed by atoms with van der Waals surface area (Å²) >= 11 is 0. The molecule has 7 nitrogen and oxygen atoms in total. The van der Waals surface area contributed by atoms with Crippen molar-refractivity contribution in [3.8, 4) is 0 Å². The van der Waals surface area contributed by atoms with Crippen molar-refractivity contribution in [2.45, 2.75) is 26.4 Å². The summed E-state index contributed by atoms with van der Waals surface area (Å²) in [6.45, 7) is 4.00. The summed E-state index contributed by atoms with van der Waals surface area (Å²) in [5, 5.41) is 11.2. The Morgan fingerprint density at radius 2 is 2.41 bits per heavy atom. The van der Waals surface area contributed by atoms with Crippen LogP contribution in [0.2, 0.25) is 0 Å². The zero-order chi connectivity index (χ0) is 16.3. The predicted octanol–water partition coefficient (Wildman–Crippen LogP) is 2.03. The van der Waals surface area contributed by atoms with E-state index in [0.29, 0.717) is 18.5 Å². The van der Waals surface area contributed by atoms with E-state index >= 15 is 0 Å². The first-order valence-electron chi connectivity index (χ1n) is 7.11. The lowest BCUT2D eigenvalue weighted by Gasteiger charge is -2.19. The molecule has 1 fully saturated rings. The highest BCUT2D eigenvalue weighted by Gasteiger charge is 2.37. The number of carbonyl (C=O) groups is 1. The molecule has 1 aliphatic rings. The number of rotatable bonds is 5. The number of esters is 1. The number of aromatic nitrogens is 1. The molecular weight excluding hydrogens is 293 g/mol. The summed E-state index contributed by atoms with van der Waals surface area (Å²) in [4.78, 5) is 27.9. The zero-order valence-corrected chi connectivity index (χ0v) is 12.5. The van der Waals surface area contributed by atoms with Crippen LogP contribution in [0.1, 0.15) is 18.9 Å². The number of aryl methyl sites for hydroxylation is 1. The van der Waals surface area contributed by atoms with Crippen molar-refractivity contribution in [1.82, 2.24) is 4.98 Å². The van der Waals surface area contributed by atoms with Crippen LogP contribution in [0.4, 0.5) is 15.9 Å². The summed E-state index contributed by atoms with van der Waals surface area (Å²) in [6.07, 6.45) is 0.199. The number of carbonyl (C=O) groups excluding carboxylic acids is 1. The molecule has 0 radical (unpaired) electrons. The highest BCUT2D eigenvalue weighted by atomic mass is 19.1. The third kappa shape index (κ3) is 3.15. The SMILES string of the molecule is CCOC(=O)C(F)C1CCN(c2nccc(C)c2[N+](=O)[O-])C1. The van der Waals surface area contributed by atoms with Crippen LogP contribution in [0.25, 0.3) is 0 Å². The molecule has 2 heterocycles. The predicted molar refractivity (Wildman–Crippen MR) is 77.5 cm³/mol. The molecule has 1 aromatic heterocycles. The summed E-state index contributed by atoms with van der Waals surface area (Å²) in [5.41, 5.74) is 0.426. The van der Waals surface area contributed by atoms with Crippen molar-refractivity contribution in [3.05, 3.63) is 27.9 Å². The van der Waals surface area contributed by atoms with Gasteiger partial charge in [-0.15, -0.1) is 0 Å². The van der Waals surface area contributed by atoms with Gasteiger partial charge in [0.1, 0.15) is 0 Å². The Hall–Kier alpha value is -2.25. The lowest BCUT2D eigenvalue weighted by atomic mass is 10.0. The molecule has 1 aliphatic heterocycles. The second kappa shape index (κ2) is 6.67. The minimum atomic E-state index is -1.71. The van der Waals surface area contributed by atoms with Crippen LogP contribution in [0.3, 0.4) is 0 Å². The lowest BCUT2D eigenvalue weighted by molar-refractivity contribution is -0.384. The molecule has 0 aliphatic carbocycles. The number of pyridine rings is 1. The van der Waals surface area contributed by atoms with Gasteiger partial charge in [0.2, 0.25) is 12.0 Å². The van der Waals surface area contributed by atoms with Crippen LogP contribution >= 0.6 is 0 Å². The largest absolute Gasteiger partial charge is 0.464 e. The fourth-order valence-corrected chi connectivity index (χ4v) is 2.63. The van der Waals surface area contributed by atoms with Gasteiger partial charge in [-0.05, 0) is 26.3 Å². The van der Waals surface area contributed by atoms with Gasteiger partial charge in [-0.25, -0.2) is 14.2 Å². The summed E-state index contributed by atoms with van der Waals surface area (Å²) in [7, 11) is 0. The topological polar surface area (TPSA) is 85.6 Å². The van der Waals surface area contributed by atoms with Crippen LogP contribution < -0.4 is 4.90 Å². The third-order valence-corrected chi connectivity index (χ3v) is 3.74. The van der Waals surface area contributed by atoms with Crippen molar-refractivity contribution in [1.29, 1.82) is 0 Å². The summed E-state index contributed by atoms with van der Waals surface area (Å²) < 4.78 is 18.7. The molecular formula is C14H18FN3O4. The van der Waals surface area contributed by atoms with E-state index in [1.165, 1.54) is 6.20 Å². The van der Waals surface area contributed by atoms with Gasteiger partial charge in [-0.3, -0.25) is 10.1 Å². The number of hydrogen-bond donors (Lipinski definition) is 0. The van der Waals surface area contributed by atoms with Gasteiger partial charge < -0.3 is 9.64 Å². The van der Waals surface area contributed by atoms with E-state index in [0.717, 1.165) is 0 Å². The lowest BCUT2D eigenvalue weighted by Crippen LogP contribution is -2.30. The molecule has 2 rings (SSSR count). The molecule has 1 aromatic rings. The Balaban J connectivity index is 2.16. The van der Waals surface area contributed by atoms with Gasteiger partial charge in [0.05, 0.1) is 11.5 Å². The van der Waals surface area contributed by atoms with Gasteiger partial charge in [0.25, 0.3) is 0 Å². The monoisotopic (exact) mass is 311 g/mol. The maximum Gasteiger partial charge on any atom is 0.341 e. The van der Waals surface area contributed by atoms with Gasteiger partial charge in [0.15, 0.2) is 0 Å². The Kier molecular flexibility index (Phi) is 4.89. The number of nitrogens with zero attached hydrogens (tertiary/aromatic N) is 3. The first kappa shape index (κ1) is 16.1. The normalized spacial score (nSPS) is 19.0. The van der Waals surface area contributed by atoms with Gasteiger partial charge >= 0.3 is 11.7 Å². The first-order chi connectivity index (χ1) is 10.5. The number of anilines is 1. The van der Waals surface area contributed by atoms with E-state index in [1.54, 1.807) is 24.8 Å². The van der Waals surface area contributed by atoms with E-state index in [4.69, 9.17) is 0 Å². The molecule has 0 N–H and O–H groups in total. The number of halogens is 1. The molecule has 0 saturated carbocycles. The highest BCUT2D eigenvalue weighted by molar-refractivity contribution is 5.75.